The lowest BCUT2D eigenvalue weighted by Gasteiger charge is -2.40. The van der Waals surface area contributed by atoms with Crippen LogP contribution in [-0.2, 0) is 38.7 Å². The van der Waals surface area contributed by atoms with Crippen LogP contribution in [0.25, 0.3) is 0 Å². The number of hydrogen-bond donors (Lipinski definition) is 4. The molecule has 1 aliphatic heterocycles. The van der Waals surface area contributed by atoms with E-state index < -0.39 is 71.2 Å². The molecule has 0 radical (unpaired) electrons. The van der Waals surface area contributed by atoms with E-state index in [0.717, 1.165) is 57.8 Å². The molecule has 13 heteroatoms. The van der Waals surface area contributed by atoms with Gasteiger partial charge in [0, 0.05) is 12.8 Å². The monoisotopic (exact) mass is 877 g/mol. The largest absolute Gasteiger partial charge is 0.462 e. The standard InChI is InChI=1S/C47H88O12S/c1-3-5-7-9-11-13-15-17-18-19-20-21-22-24-26-28-30-32-34-36-43(49)58-40(38-57-47-46(52)45(51)44(50)41(59-47)39-60(53,54)55)37-56-42(48)35-33-31-29-27-25-23-16-14-12-10-8-6-4-2/h14,16,40-41,44-47,50-52H,3-13,15,17-39H2,1-2H3,(H,53,54,55)/b16-14+/t40-,41-,44-,45?,46?,47+/m1/s1. The molecule has 0 aromatic rings. The molecule has 1 saturated heterocycles. The highest BCUT2D eigenvalue weighted by Gasteiger charge is 2.46. The number of carbonyl (C=O) groups is 2. The Labute approximate surface area is 365 Å². The van der Waals surface area contributed by atoms with E-state index in [4.69, 9.17) is 18.9 Å². The first kappa shape index (κ1) is 56.4. The zero-order valence-corrected chi connectivity index (χ0v) is 38.6. The van der Waals surface area contributed by atoms with Crippen LogP contribution in [0.15, 0.2) is 12.2 Å². The van der Waals surface area contributed by atoms with E-state index in [9.17, 15) is 37.9 Å². The second-order valence-electron chi connectivity index (χ2n) is 17.1. The quantitative estimate of drug-likeness (QED) is 0.0197. The first-order chi connectivity index (χ1) is 29.0. The molecule has 0 aliphatic carbocycles. The lowest BCUT2D eigenvalue weighted by molar-refractivity contribution is -0.297. The van der Waals surface area contributed by atoms with E-state index in [-0.39, 0.29) is 19.4 Å². The van der Waals surface area contributed by atoms with Crippen LogP contribution in [0.5, 0.6) is 0 Å². The Balaban J connectivity index is 2.39. The molecule has 0 bridgehead atoms. The van der Waals surface area contributed by atoms with Crippen molar-refractivity contribution in [3.63, 3.8) is 0 Å². The number of hydrogen-bond acceptors (Lipinski definition) is 11. The molecule has 0 aromatic carbocycles. The van der Waals surface area contributed by atoms with E-state index in [1.165, 1.54) is 122 Å². The first-order valence-corrected chi connectivity index (χ1v) is 25.9. The molecule has 2 unspecified atom stereocenters. The zero-order chi connectivity index (χ0) is 44.1. The van der Waals surface area contributed by atoms with Crippen molar-refractivity contribution in [3.8, 4) is 0 Å². The van der Waals surface area contributed by atoms with Gasteiger partial charge in [0.15, 0.2) is 12.4 Å². The highest BCUT2D eigenvalue weighted by Crippen LogP contribution is 2.24. The Morgan fingerprint density at radius 2 is 0.950 bits per heavy atom. The summed E-state index contributed by atoms with van der Waals surface area (Å²) in [5, 5.41) is 30.9. The van der Waals surface area contributed by atoms with Gasteiger partial charge in [0.1, 0.15) is 36.8 Å². The Bertz CT molecular complexity index is 1170. The number of ether oxygens (including phenoxy) is 4. The number of rotatable bonds is 41. The highest BCUT2D eigenvalue weighted by atomic mass is 32.2. The van der Waals surface area contributed by atoms with Gasteiger partial charge >= 0.3 is 11.9 Å². The molecule has 1 heterocycles. The van der Waals surface area contributed by atoms with Gasteiger partial charge in [-0.1, -0.05) is 180 Å². The van der Waals surface area contributed by atoms with Gasteiger partial charge < -0.3 is 34.3 Å². The minimum Gasteiger partial charge on any atom is -0.462 e. The highest BCUT2D eigenvalue weighted by molar-refractivity contribution is 7.85. The third-order valence-corrected chi connectivity index (χ3v) is 12.1. The smallest absolute Gasteiger partial charge is 0.306 e. The van der Waals surface area contributed by atoms with Gasteiger partial charge in [0.2, 0.25) is 0 Å². The summed E-state index contributed by atoms with van der Waals surface area (Å²) in [6, 6.07) is 0. The van der Waals surface area contributed by atoms with Gasteiger partial charge in [0.05, 0.1) is 6.61 Å². The van der Waals surface area contributed by atoms with Crippen LogP contribution >= 0.6 is 0 Å². The summed E-state index contributed by atoms with van der Waals surface area (Å²) >= 11 is 0. The Morgan fingerprint density at radius 3 is 1.40 bits per heavy atom. The first-order valence-electron chi connectivity index (χ1n) is 24.2. The van der Waals surface area contributed by atoms with Crippen LogP contribution in [0, 0.1) is 0 Å². The topological polar surface area (TPSA) is 186 Å². The average Bonchev–Trinajstić information content (AvgIpc) is 3.21. The minimum absolute atomic E-state index is 0.169. The molecule has 0 spiro atoms. The summed E-state index contributed by atoms with van der Waals surface area (Å²) in [5.74, 6) is -1.98. The van der Waals surface area contributed by atoms with Crippen molar-refractivity contribution in [1.82, 2.24) is 0 Å². The van der Waals surface area contributed by atoms with E-state index in [1.807, 2.05) is 0 Å². The predicted molar refractivity (Wildman–Crippen MR) is 238 cm³/mol. The molecule has 354 valence electrons. The molecule has 0 aromatic heterocycles. The number of unbranched alkanes of at least 4 members (excludes halogenated alkanes) is 27. The molecule has 60 heavy (non-hydrogen) atoms. The van der Waals surface area contributed by atoms with Gasteiger partial charge in [-0.15, -0.1) is 0 Å². The minimum atomic E-state index is -4.60. The van der Waals surface area contributed by atoms with Crippen LogP contribution in [0.2, 0.25) is 0 Å². The Hall–Kier alpha value is -1.61. The molecule has 0 amide bonds. The van der Waals surface area contributed by atoms with Crippen molar-refractivity contribution in [1.29, 1.82) is 0 Å². The average molecular weight is 877 g/mol. The van der Waals surface area contributed by atoms with Crippen molar-refractivity contribution in [2.24, 2.45) is 0 Å². The van der Waals surface area contributed by atoms with Gasteiger partial charge in [-0.2, -0.15) is 8.42 Å². The van der Waals surface area contributed by atoms with Crippen LogP contribution in [-0.4, -0.2) is 96.0 Å². The van der Waals surface area contributed by atoms with Crippen molar-refractivity contribution < 1.29 is 56.8 Å². The molecule has 12 nitrogen and oxygen atoms in total. The second kappa shape index (κ2) is 37.9. The van der Waals surface area contributed by atoms with Gasteiger partial charge in [0.25, 0.3) is 10.1 Å². The molecule has 6 atom stereocenters. The summed E-state index contributed by atoms with van der Waals surface area (Å²) in [5.41, 5.74) is 0. The number of esters is 2. The van der Waals surface area contributed by atoms with Crippen LogP contribution in [0.4, 0.5) is 0 Å². The molecule has 1 rings (SSSR count). The molecule has 1 fully saturated rings. The van der Waals surface area contributed by atoms with Crippen molar-refractivity contribution in [3.05, 3.63) is 12.2 Å². The van der Waals surface area contributed by atoms with E-state index in [0.29, 0.717) is 12.8 Å². The predicted octanol–water partition coefficient (Wildman–Crippen LogP) is 10.2. The molecule has 0 saturated carbocycles. The number of aliphatic hydroxyl groups is 3. The fraction of sp³-hybridized carbons (Fsp3) is 0.915. The maximum absolute atomic E-state index is 12.8. The normalized spacial score (nSPS) is 20.1. The molecular weight excluding hydrogens is 789 g/mol. The zero-order valence-electron chi connectivity index (χ0n) is 37.8. The number of aliphatic hydroxyl groups excluding tert-OH is 3. The van der Waals surface area contributed by atoms with Crippen molar-refractivity contribution in [2.45, 2.75) is 256 Å². The summed E-state index contributed by atoms with van der Waals surface area (Å²) < 4.78 is 54.1. The summed E-state index contributed by atoms with van der Waals surface area (Å²) in [6.07, 6.45) is 31.1. The fourth-order valence-corrected chi connectivity index (χ4v) is 8.25. The van der Waals surface area contributed by atoms with Gasteiger partial charge in [-0.3, -0.25) is 14.1 Å². The second-order valence-corrected chi connectivity index (χ2v) is 18.6. The van der Waals surface area contributed by atoms with Crippen molar-refractivity contribution >= 4 is 22.1 Å². The summed E-state index contributed by atoms with van der Waals surface area (Å²) in [7, 11) is -4.60. The molecule has 1 aliphatic rings. The Morgan fingerprint density at radius 1 is 0.550 bits per heavy atom. The fourth-order valence-electron chi connectivity index (χ4n) is 7.56. The maximum Gasteiger partial charge on any atom is 0.306 e. The SMILES string of the molecule is CCCCCC/C=C/CCCCCCCC(=O)OC[C@H](CO[C@H]1O[C@H](CS(=O)(=O)O)[C@@H](O)C(O)C1O)OC(=O)CCCCCCCCCCCCCCCCCCCCC. The number of carbonyl (C=O) groups excluding carboxylic acids is 2. The molecule has 4 N–H and O–H groups in total. The Kier molecular flexibility index (Phi) is 35.6. The number of allylic oxidation sites excluding steroid dienone is 2. The lowest BCUT2D eigenvalue weighted by Crippen LogP contribution is -2.60. The van der Waals surface area contributed by atoms with Crippen LogP contribution in [0.1, 0.15) is 219 Å². The van der Waals surface area contributed by atoms with E-state index >= 15 is 0 Å². The summed E-state index contributed by atoms with van der Waals surface area (Å²) in [6.45, 7) is 3.76. The van der Waals surface area contributed by atoms with Gasteiger partial charge in [-0.05, 0) is 38.5 Å². The van der Waals surface area contributed by atoms with Crippen LogP contribution in [0.3, 0.4) is 0 Å². The lowest BCUT2D eigenvalue weighted by atomic mass is 10.00. The third-order valence-electron chi connectivity index (χ3n) is 11.3. The van der Waals surface area contributed by atoms with E-state index in [2.05, 4.69) is 26.0 Å². The third kappa shape index (κ3) is 32.1. The van der Waals surface area contributed by atoms with Crippen LogP contribution < -0.4 is 0 Å². The van der Waals surface area contributed by atoms with Gasteiger partial charge in [-0.25, -0.2) is 0 Å². The molecular formula is C47H88O12S. The summed E-state index contributed by atoms with van der Waals surface area (Å²) in [4.78, 5) is 25.4. The van der Waals surface area contributed by atoms with Crippen molar-refractivity contribution in [2.75, 3.05) is 19.0 Å². The maximum atomic E-state index is 12.8. The van der Waals surface area contributed by atoms with E-state index in [1.54, 1.807) is 0 Å².